The molecule has 0 aromatic heterocycles. The van der Waals surface area contributed by atoms with E-state index in [1.165, 1.54) is 11.0 Å². The lowest BCUT2D eigenvalue weighted by Crippen LogP contribution is -2.57. The molecule has 0 spiro atoms. The quantitative estimate of drug-likeness (QED) is 0.769. The van der Waals surface area contributed by atoms with E-state index in [-0.39, 0.29) is 36.4 Å². The van der Waals surface area contributed by atoms with Crippen molar-refractivity contribution in [2.45, 2.75) is 38.5 Å². The standard InChI is InChI=1S/C17H24F2N2O4.ClH/c1-3-24-14-10-12(4-5-13(14)25-16(18)19)11-21(2)15(22)17(20)6-8-23-9-7-17;/h4-5,10,16H,3,6-9,11,20H2,1-2H3;1H. The van der Waals surface area contributed by atoms with Crippen molar-refractivity contribution in [3.05, 3.63) is 23.8 Å². The Labute approximate surface area is 158 Å². The van der Waals surface area contributed by atoms with E-state index < -0.39 is 12.2 Å². The lowest BCUT2D eigenvalue weighted by Gasteiger charge is -2.35. The summed E-state index contributed by atoms with van der Waals surface area (Å²) in [6, 6.07) is 4.63. The maximum absolute atomic E-state index is 12.6. The van der Waals surface area contributed by atoms with Gasteiger partial charge in [0.15, 0.2) is 11.5 Å². The van der Waals surface area contributed by atoms with Gasteiger partial charge in [-0.25, -0.2) is 0 Å². The molecule has 1 aromatic rings. The predicted octanol–water partition coefficient (Wildman–Crippen LogP) is 2.57. The van der Waals surface area contributed by atoms with Gasteiger partial charge in [0, 0.05) is 26.8 Å². The lowest BCUT2D eigenvalue weighted by molar-refractivity contribution is -0.139. The molecule has 9 heteroatoms. The van der Waals surface area contributed by atoms with Crippen molar-refractivity contribution < 1.29 is 27.8 Å². The van der Waals surface area contributed by atoms with E-state index in [9.17, 15) is 13.6 Å². The molecule has 1 fully saturated rings. The second-order valence-corrected chi connectivity index (χ2v) is 6.02. The van der Waals surface area contributed by atoms with Crippen molar-refractivity contribution in [2.24, 2.45) is 5.73 Å². The summed E-state index contributed by atoms with van der Waals surface area (Å²) in [5.41, 5.74) is 6.03. The van der Waals surface area contributed by atoms with E-state index in [1.807, 2.05) is 0 Å². The number of alkyl halides is 2. The van der Waals surface area contributed by atoms with Crippen molar-refractivity contribution in [3.63, 3.8) is 0 Å². The highest BCUT2D eigenvalue weighted by Gasteiger charge is 2.37. The highest BCUT2D eigenvalue weighted by atomic mass is 35.5. The van der Waals surface area contributed by atoms with Crippen LogP contribution in [0.3, 0.4) is 0 Å². The van der Waals surface area contributed by atoms with Crippen LogP contribution in [0.5, 0.6) is 11.5 Å². The number of amides is 1. The van der Waals surface area contributed by atoms with Gasteiger partial charge in [-0.2, -0.15) is 8.78 Å². The van der Waals surface area contributed by atoms with E-state index in [4.69, 9.17) is 15.2 Å². The normalized spacial score (nSPS) is 15.9. The molecule has 0 radical (unpaired) electrons. The number of likely N-dealkylation sites (N-methyl/N-ethyl adjacent to an activating group) is 1. The summed E-state index contributed by atoms with van der Waals surface area (Å²) in [4.78, 5) is 14.2. The molecule has 0 bridgehead atoms. The summed E-state index contributed by atoms with van der Waals surface area (Å²) in [6.45, 7) is 0.337. The van der Waals surface area contributed by atoms with Crippen LogP contribution in [0, 0.1) is 0 Å². The Bertz CT molecular complexity index is 598. The van der Waals surface area contributed by atoms with Crippen LogP contribution in [0.4, 0.5) is 8.78 Å². The molecule has 148 valence electrons. The zero-order valence-electron chi connectivity index (χ0n) is 14.9. The first-order valence-electron chi connectivity index (χ1n) is 8.18. The second-order valence-electron chi connectivity index (χ2n) is 6.02. The molecular formula is C17H25ClF2N2O4. The van der Waals surface area contributed by atoms with Crippen LogP contribution in [0.15, 0.2) is 18.2 Å². The highest BCUT2D eigenvalue weighted by molar-refractivity contribution is 5.86. The third-order valence-corrected chi connectivity index (χ3v) is 4.10. The Hall–Kier alpha value is -1.64. The van der Waals surface area contributed by atoms with Crippen molar-refractivity contribution in [1.82, 2.24) is 4.90 Å². The van der Waals surface area contributed by atoms with E-state index in [2.05, 4.69) is 4.74 Å². The zero-order valence-corrected chi connectivity index (χ0v) is 15.7. The molecule has 2 rings (SSSR count). The summed E-state index contributed by atoms with van der Waals surface area (Å²) < 4.78 is 40.0. The van der Waals surface area contributed by atoms with Gasteiger partial charge in [-0.05, 0) is 37.5 Å². The largest absolute Gasteiger partial charge is 0.490 e. The summed E-state index contributed by atoms with van der Waals surface area (Å²) >= 11 is 0. The number of nitrogens with two attached hydrogens (primary N) is 1. The Morgan fingerprint density at radius 2 is 2.00 bits per heavy atom. The molecule has 1 amide bonds. The van der Waals surface area contributed by atoms with Gasteiger partial charge in [-0.1, -0.05) is 6.07 Å². The van der Waals surface area contributed by atoms with Gasteiger partial charge in [0.2, 0.25) is 5.91 Å². The number of hydrogen-bond acceptors (Lipinski definition) is 5. The van der Waals surface area contributed by atoms with Gasteiger partial charge in [-0.3, -0.25) is 4.79 Å². The smallest absolute Gasteiger partial charge is 0.387 e. The number of hydrogen-bond donors (Lipinski definition) is 1. The SMILES string of the molecule is CCOc1cc(CN(C)C(=O)C2(N)CCOCC2)ccc1OC(F)F.Cl. The van der Waals surface area contributed by atoms with Gasteiger partial charge >= 0.3 is 6.61 Å². The van der Waals surface area contributed by atoms with Crippen molar-refractivity contribution in [2.75, 3.05) is 26.9 Å². The van der Waals surface area contributed by atoms with Gasteiger partial charge < -0.3 is 24.8 Å². The summed E-state index contributed by atoms with van der Waals surface area (Å²) in [5.74, 6) is 0.0191. The van der Waals surface area contributed by atoms with Crippen LogP contribution in [-0.2, 0) is 16.1 Å². The summed E-state index contributed by atoms with van der Waals surface area (Å²) in [6.07, 6.45) is 0.947. The third-order valence-electron chi connectivity index (χ3n) is 4.10. The highest BCUT2D eigenvalue weighted by Crippen LogP contribution is 2.30. The van der Waals surface area contributed by atoms with Crippen LogP contribution < -0.4 is 15.2 Å². The van der Waals surface area contributed by atoms with Gasteiger partial charge in [0.25, 0.3) is 0 Å². The maximum atomic E-state index is 12.6. The van der Waals surface area contributed by atoms with E-state index in [1.54, 1.807) is 26.1 Å². The number of rotatable bonds is 7. The summed E-state index contributed by atoms with van der Waals surface area (Å²) in [5, 5.41) is 0. The molecule has 26 heavy (non-hydrogen) atoms. The van der Waals surface area contributed by atoms with Crippen LogP contribution in [0.1, 0.15) is 25.3 Å². The fourth-order valence-electron chi connectivity index (χ4n) is 2.79. The maximum Gasteiger partial charge on any atom is 0.387 e. The molecule has 6 nitrogen and oxygen atoms in total. The molecule has 0 unspecified atom stereocenters. The predicted molar refractivity (Wildman–Crippen MR) is 94.9 cm³/mol. The van der Waals surface area contributed by atoms with Crippen molar-refractivity contribution in [3.8, 4) is 11.5 Å². The Morgan fingerprint density at radius 3 is 2.58 bits per heavy atom. The first-order valence-corrected chi connectivity index (χ1v) is 8.18. The van der Waals surface area contributed by atoms with E-state index in [0.29, 0.717) is 32.7 Å². The number of halogens is 3. The number of carbonyl (C=O) groups excluding carboxylic acids is 1. The Morgan fingerprint density at radius 1 is 1.35 bits per heavy atom. The van der Waals surface area contributed by atoms with Crippen LogP contribution in [0.2, 0.25) is 0 Å². The topological polar surface area (TPSA) is 74.0 Å². The number of nitrogens with zero attached hydrogens (tertiary/aromatic N) is 1. The van der Waals surface area contributed by atoms with E-state index >= 15 is 0 Å². The first-order chi connectivity index (χ1) is 11.9. The van der Waals surface area contributed by atoms with Crippen molar-refractivity contribution in [1.29, 1.82) is 0 Å². The average molecular weight is 395 g/mol. The molecule has 1 saturated heterocycles. The summed E-state index contributed by atoms with van der Waals surface area (Å²) in [7, 11) is 1.66. The van der Waals surface area contributed by atoms with Gasteiger partial charge in [0.05, 0.1) is 12.1 Å². The molecule has 0 atom stereocenters. The molecule has 1 aliphatic heterocycles. The molecule has 0 aliphatic carbocycles. The minimum absolute atomic E-state index is 0. The van der Waals surface area contributed by atoms with Gasteiger partial charge in [0.1, 0.15) is 0 Å². The number of ether oxygens (including phenoxy) is 3. The Kier molecular flexibility index (Phi) is 8.52. The first kappa shape index (κ1) is 22.4. The van der Waals surface area contributed by atoms with Crippen molar-refractivity contribution >= 4 is 18.3 Å². The lowest BCUT2D eigenvalue weighted by atomic mass is 9.89. The monoisotopic (exact) mass is 394 g/mol. The fraction of sp³-hybridized carbons (Fsp3) is 0.588. The second kappa shape index (κ2) is 9.89. The third kappa shape index (κ3) is 5.69. The van der Waals surface area contributed by atoms with Gasteiger partial charge in [-0.15, -0.1) is 12.4 Å². The number of benzene rings is 1. The Balaban J connectivity index is 0.00000338. The molecule has 1 aliphatic rings. The molecule has 1 heterocycles. The fourth-order valence-corrected chi connectivity index (χ4v) is 2.79. The van der Waals surface area contributed by atoms with Crippen LogP contribution >= 0.6 is 12.4 Å². The molecular weight excluding hydrogens is 370 g/mol. The minimum atomic E-state index is -2.93. The molecule has 2 N–H and O–H groups in total. The minimum Gasteiger partial charge on any atom is -0.490 e. The molecule has 1 aromatic carbocycles. The van der Waals surface area contributed by atoms with Crippen LogP contribution in [0.25, 0.3) is 0 Å². The molecule has 0 saturated carbocycles. The van der Waals surface area contributed by atoms with Crippen LogP contribution in [-0.4, -0.2) is 49.8 Å². The zero-order chi connectivity index (χ0) is 18.4. The average Bonchev–Trinajstić information content (AvgIpc) is 2.57. The number of carbonyl (C=O) groups is 1. The van der Waals surface area contributed by atoms with E-state index in [0.717, 1.165) is 5.56 Å².